The number of carbonyl (C=O) groups excluding carboxylic acids is 1. The monoisotopic (exact) mass is 218 g/mol. The number of amides is 1. The number of aromatic nitrogens is 2. The largest absolute Gasteiger partial charge is 0.344 e. The molecule has 6 heteroatoms. The standard InChI is InChI=1S/C10H10N4O2/c1-6-12-8-5-3-2-4-7(8)9(15)14(6)10(16)13-11/h2-5H,11H2,1H3,(H,13,16). The van der Waals surface area contributed by atoms with E-state index >= 15 is 0 Å². The van der Waals surface area contributed by atoms with Gasteiger partial charge in [0.05, 0.1) is 10.9 Å². The molecule has 0 radical (unpaired) electrons. The van der Waals surface area contributed by atoms with Crippen molar-refractivity contribution in [1.82, 2.24) is 15.0 Å². The highest BCUT2D eigenvalue weighted by molar-refractivity contribution is 5.83. The number of nitrogen functional groups attached to an aromatic ring is 1. The van der Waals surface area contributed by atoms with Crippen LogP contribution in [0.5, 0.6) is 0 Å². The number of benzene rings is 1. The molecule has 0 saturated heterocycles. The minimum absolute atomic E-state index is 0.298. The van der Waals surface area contributed by atoms with Crippen LogP contribution in [0, 0.1) is 6.92 Å². The Balaban J connectivity index is 2.86. The minimum atomic E-state index is -0.694. The van der Waals surface area contributed by atoms with Crippen molar-refractivity contribution in [2.75, 3.05) is 0 Å². The first-order valence-electron chi connectivity index (χ1n) is 4.64. The number of fused-ring (bicyclic) bond motifs is 1. The Kier molecular flexibility index (Phi) is 2.41. The fourth-order valence-electron chi connectivity index (χ4n) is 1.55. The van der Waals surface area contributed by atoms with E-state index in [1.807, 2.05) is 5.43 Å². The van der Waals surface area contributed by atoms with Crippen molar-refractivity contribution in [3.8, 4) is 0 Å². The number of hydrogen-bond acceptors (Lipinski definition) is 4. The van der Waals surface area contributed by atoms with Gasteiger partial charge in [-0.05, 0) is 19.1 Å². The van der Waals surface area contributed by atoms with E-state index in [-0.39, 0.29) is 0 Å². The van der Waals surface area contributed by atoms with E-state index in [1.165, 1.54) is 0 Å². The molecule has 0 aliphatic carbocycles. The third-order valence-corrected chi connectivity index (χ3v) is 2.27. The number of aryl methyl sites for hydroxylation is 1. The van der Waals surface area contributed by atoms with E-state index in [4.69, 9.17) is 5.84 Å². The summed E-state index contributed by atoms with van der Waals surface area (Å²) in [5, 5.41) is 0.386. The molecule has 0 bridgehead atoms. The molecular weight excluding hydrogens is 208 g/mol. The second-order valence-electron chi connectivity index (χ2n) is 3.27. The summed E-state index contributed by atoms with van der Waals surface area (Å²) in [5.41, 5.74) is 2.05. The number of carbonyl (C=O) groups is 1. The zero-order chi connectivity index (χ0) is 11.7. The lowest BCUT2D eigenvalue weighted by atomic mass is 10.2. The van der Waals surface area contributed by atoms with E-state index in [0.717, 1.165) is 4.57 Å². The van der Waals surface area contributed by atoms with Gasteiger partial charge in [0.1, 0.15) is 5.82 Å². The number of rotatable bonds is 0. The molecule has 0 aliphatic heterocycles. The predicted octanol–water partition coefficient (Wildman–Crippen LogP) is 0.136. The van der Waals surface area contributed by atoms with Crippen molar-refractivity contribution >= 4 is 16.9 Å². The molecule has 6 nitrogen and oxygen atoms in total. The molecule has 0 atom stereocenters. The fraction of sp³-hybridized carbons (Fsp3) is 0.100. The zero-order valence-corrected chi connectivity index (χ0v) is 8.60. The van der Waals surface area contributed by atoms with Crippen LogP contribution in [-0.4, -0.2) is 15.6 Å². The Morgan fingerprint density at radius 1 is 1.44 bits per heavy atom. The Bertz CT molecular complexity index is 618. The lowest BCUT2D eigenvalue weighted by Crippen LogP contribution is -2.41. The molecule has 0 unspecified atom stereocenters. The van der Waals surface area contributed by atoms with Gasteiger partial charge in [0, 0.05) is 0 Å². The molecule has 82 valence electrons. The number of para-hydroxylation sites is 1. The Hall–Kier alpha value is -2.21. The van der Waals surface area contributed by atoms with E-state index in [2.05, 4.69) is 4.98 Å². The quantitative estimate of drug-likeness (QED) is 0.374. The SMILES string of the molecule is Cc1nc2ccccc2c(=O)n1C(=O)NN. The third kappa shape index (κ3) is 1.45. The molecule has 0 fully saturated rings. The molecule has 3 N–H and O–H groups in total. The lowest BCUT2D eigenvalue weighted by molar-refractivity contribution is 0.241. The van der Waals surface area contributed by atoms with Crippen LogP contribution in [0.4, 0.5) is 4.79 Å². The van der Waals surface area contributed by atoms with Crippen LogP contribution in [-0.2, 0) is 0 Å². The van der Waals surface area contributed by atoms with Gasteiger partial charge >= 0.3 is 6.03 Å². The molecule has 1 heterocycles. The molecule has 1 aromatic carbocycles. The molecule has 0 aliphatic rings. The number of hydrogen-bond donors (Lipinski definition) is 2. The van der Waals surface area contributed by atoms with Gasteiger partial charge in [-0.3, -0.25) is 10.2 Å². The molecule has 2 aromatic rings. The van der Waals surface area contributed by atoms with Crippen molar-refractivity contribution in [3.05, 3.63) is 40.4 Å². The van der Waals surface area contributed by atoms with E-state index in [9.17, 15) is 9.59 Å². The number of nitrogens with one attached hydrogen (secondary N) is 1. The first-order valence-corrected chi connectivity index (χ1v) is 4.64. The van der Waals surface area contributed by atoms with Crippen LogP contribution in [0.2, 0.25) is 0 Å². The third-order valence-electron chi connectivity index (χ3n) is 2.27. The maximum absolute atomic E-state index is 12.0. The van der Waals surface area contributed by atoms with Crippen LogP contribution in [0.15, 0.2) is 29.1 Å². The Labute approximate surface area is 90.7 Å². The second kappa shape index (κ2) is 3.74. The molecule has 2 rings (SSSR count). The van der Waals surface area contributed by atoms with Crippen molar-refractivity contribution in [2.45, 2.75) is 6.92 Å². The summed E-state index contributed by atoms with van der Waals surface area (Å²) in [5.74, 6) is 5.30. The summed E-state index contributed by atoms with van der Waals surface area (Å²) in [7, 11) is 0. The first-order chi connectivity index (χ1) is 7.65. The van der Waals surface area contributed by atoms with Gasteiger partial charge in [-0.15, -0.1) is 0 Å². The summed E-state index contributed by atoms with van der Waals surface area (Å²) in [6.07, 6.45) is 0. The summed E-state index contributed by atoms with van der Waals surface area (Å²) >= 11 is 0. The van der Waals surface area contributed by atoms with E-state index < -0.39 is 11.6 Å². The van der Waals surface area contributed by atoms with Crippen LogP contribution < -0.4 is 16.8 Å². The van der Waals surface area contributed by atoms with Crippen molar-refractivity contribution < 1.29 is 4.79 Å². The van der Waals surface area contributed by atoms with Crippen LogP contribution in [0.1, 0.15) is 5.82 Å². The molecular formula is C10H10N4O2. The van der Waals surface area contributed by atoms with Gasteiger partial charge in [-0.1, -0.05) is 12.1 Å². The van der Waals surface area contributed by atoms with Gasteiger partial charge in [0.25, 0.3) is 5.56 Å². The van der Waals surface area contributed by atoms with Crippen LogP contribution >= 0.6 is 0 Å². The summed E-state index contributed by atoms with van der Waals surface area (Å²) in [6.45, 7) is 1.57. The highest BCUT2D eigenvalue weighted by Gasteiger charge is 2.12. The van der Waals surface area contributed by atoms with Gasteiger partial charge in [-0.2, -0.15) is 0 Å². The average Bonchev–Trinajstić information content (AvgIpc) is 2.28. The van der Waals surface area contributed by atoms with Crippen molar-refractivity contribution in [1.29, 1.82) is 0 Å². The van der Waals surface area contributed by atoms with Gasteiger partial charge in [-0.25, -0.2) is 20.2 Å². The smallest absolute Gasteiger partial charge is 0.275 e. The molecule has 0 saturated carbocycles. The van der Waals surface area contributed by atoms with E-state index in [1.54, 1.807) is 31.2 Å². The van der Waals surface area contributed by atoms with Gasteiger partial charge in [0.2, 0.25) is 0 Å². The first kappa shape index (κ1) is 10.3. The normalized spacial score (nSPS) is 10.4. The van der Waals surface area contributed by atoms with Crippen LogP contribution in [0.3, 0.4) is 0 Å². The number of hydrazine groups is 1. The maximum Gasteiger partial charge on any atom is 0.344 e. The Morgan fingerprint density at radius 3 is 2.81 bits per heavy atom. The van der Waals surface area contributed by atoms with Gasteiger partial charge < -0.3 is 0 Å². The molecule has 16 heavy (non-hydrogen) atoms. The molecule has 1 amide bonds. The second-order valence-corrected chi connectivity index (χ2v) is 3.27. The maximum atomic E-state index is 12.0. The van der Waals surface area contributed by atoms with E-state index in [0.29, 0.717) is 16.7 Å². The topological polar surface area (TPSA) is 90.0 Å². The van der Waals surface area contributed by atoms with Gasteiger partial charge in [0.15, 0.2) is 0 Å². The number of nitrogens with two attached hydrogens (primary N) is 1. The Morgan fingerprint density at radius 2 is 2.12 bits per heavy atom. The summed E-state index contributed by atoms with van der Waals surface area (Å²) in [6, 6.07) is 6.13. The van der Waals surface area contributed by atoms with Crippen molar-refractivity contribution in [2.24, 2.45) is 5.84 Å². The molecule has 0 spiro atoms. The number of nitrogens with zero attached hydrogens (tertiary/aromatic N) is 2. The van der Waals surface area contributed by atoms with Crippen molar-refractivity contribution in [3.63, 3.8) is 0 Å². The molecule has 1 aromatic heterocycles. The lowest BCUT2D eigenvalue weighted by Gasteiger charge is -2.07. The fourth-order valence-corrected chi connectivity index (χ4v) is 1.55. The summed E-state index contributed by atoms with van der Waals surface area (Å²) in [4.78, 5) is 27.5. The summed E-state index contributed by atoms with van der Waals surface area (Å²) < 4.78 is 0.905. The average molecular weight is 218 g/mol. The predicted molar refractivity (Wildman–Crippen MR) is 58.9 cm³/mol. The minimum Gasteiger partial charge on any atom is -0.275 e. The highest BCUT2D eigenvalue weighted by Crippen LogP contribution is 2.06. The zero-order valence-electron chi connectivity index (χ0n) is 8.60. The van der Waals surface area contributed by atoms with Crippen LogP contribution in [0.25, 0.3) is 10.9 Å². The highest BCUT2D eigenvalue weighted by atomic mass is 16.2.